The van der Waals surface area contributed by atoms with E-state index in [0.717, 1.165) is 4.90 Å². The molecule has 0 unspecified atom stereocenters. The Morgan fingerprint density at radius 2 is 1.81 bits per heavy atom. The predicted molar refractivity (Wildman–Crippen MR) is 115 cm³/mol. The van der Waals surface area contributed by atoms with Gasteiger partial charge in [-0.2, -0.15) is 0 Å². The normalized spacial score (nSPS) is 15.2. The van der Waals surface area contributed by atoms with Gasteiger partial charge < -0.3 is 15.0 Å². The molecule has 1 saturated heterocycles. The predicted octanol–water partition coefficient (Wildman–Crippen LogP) is 2.49. The average Bonchev–Trinajstić information content (AvgIpc) is 3.29. The number of rotatable bonds is 5. The largest absolute Gasteiger partial charge is 0.452 e. The van der Waals surface area contributed by atoms with Gasteiger partial charge >= 0.3 is 5.97 Å². The molecule has 32 heavy (non-hydrogen) atoms. The van der Waals surface area contributed by atoms with E-state index in [9.17, 15) is 24.0 Å². The maximum Gasteiger partial charge on any atom is 0.340 e. The van der Waals surface area contributed by atoms with Gasteiger partial charge in [-0.25, -0.2) is 4.79 Å². The van der Waals surface area contributed by atoms with Crippen LogP contribution in [0.5, 0.6) is 0 Å². The lowest BCUT2D eigenvalue weighted by atomic mass is 10.1. The lowest BCUT2D eigenvalue weighted by Gasteiger charge is -2.19. The fourth-order valence-electron chi connectivity index (χ4n) is 3.65. The van der Waals surface area contributed by atoms with Gasteiger partial charge in [0.15, 0.2) is 6.61 Å². The number of nitrogens with zero attached hydrogens (tertiary/aromatic N) is 2. The molecular formula is C22H18ClN3O6. The fraction of sp³-hybridized carbons (Fsp3) is 0.227. The smallest absolute Gasteiger partial charge is 0.340 e. The van der Waals surface area contributed by atoms with E-state index in [-0.39, 0.29) is 28.3 Å². The highest BCUT2D eigenvalue weighted by Gasteiger charge is 2.33. The molecule has 164 valence electrons. The standard InChI is InChI=1S/C22H18ClN3O6/c1-25-20(29)14-7-5-13(10-16(14)21(25)30)24-18(27)11-32-22(31)15-6-4-12(23)9-17(15)26-8-2-3-19(26)28/h4-7,9-10H,2-3,8,11H2,1H3,(H,24,27). The van der Waals surface area contributed by atoms with Crippen molar-refractivity contribution in [3.8, 4) is 0 Å². The second-order valence-corrected chi connectivity index (χ2v) is 7.80. The number of ether oxygens (including phenoxy) is 1. The van der Waals surface area contributed by atoms with Gasteiger partial charge in [-0.05, 0) is 42.8 Å². The quantitative estimate of drug-likeness (QED) is 0.547. The van der Waals surface area contributed by atoms with E-state index in [1.807, 2.05) is 0 Å². The molecule has 9 nitrogen and oxygen atoms in total. The second-order valence-electron chi connectivity index (χ2n) is 7.36. The lowest BCUT2D eigenvalue weighted by Crippen LogP contribution is -2.27. The number of carbonyl (C=O) groups is 5. The fourth-order valence-corrected chi connectivity index (χ4v) is 3.81. The lowest BCUT2D eigenvalue weighted by molar-refractivity contribution is -0.119. The van der Waals surface area contributed by atoms with Crippen LogP contribution < -0.4 is 10.2 Å². The Morgan fingerprint density at radius 1 is 1.06 bits per heavy atom. The summed E-state index contributed by atoms with van der Waals surface area (Å²) in [6.45, 7) is -0.118. The highest BCUT2D eigenvalue weighted by molar-refractivity contribution is 6.31. The summed E-state index contributed by atoms with van der Waals surface area (Å²) in [4.78, 5) is 63.5. The van der Waals surface area contributed by atoms with Crippen molar-refractivity contribution in [1.29, 1.82) is 0 Å². The maximum atomic E-state index is 12.6. The number of benzene rings is 2. The summed E-state index contributed by atoms with van der Waals surface area (Å²) in [7, 11) is 1.38. The van der Waals surface area contributed by atoms with Crippen LogP contribution in [-0.4, -0.2) is 54.7 Å². The molecule has 2 aliphatic rings. The third-order valence-electron chi connectivity index (χ3n) is 5.25. The molecule has 0 saturated carbocycles. The minimum Gasteiger partial charge on any atom is -0.452 e. The molecule has 1 N–H and O–H groups in total. The van der Waals surface area contributed by atoms with E-state index in [0.29, 0.717) is 30.1 Å². The van der Waals surface area contributed by atoms with Crippen molar-refractivity contribution in [2.45, 2.75) is 12.8 Å². The first-order valence-corrected chi connectivity index (χ1v) is 10.2. The molecule has 0 spiro atoms. The first-order chi connectivity index (χ1) is 15.3. The number of imide groups is 1. The van der Waals surface area contributed by atoms with Crippen LogP contribution in [0.15, 0.2) is 36.4 Å². The Bertz CT molecular complexity index is 1180. The third-order valence-corrected chi connectivity index (χ3v) is 5.49. The summed E-state index contributed by atoms with van der Waals surface area (Å²) < 4.78 is 5.12. The second kappa shape index (κ2) is 8.43. The number of esters is 1. The number of carbonyl (C=O) groups excluding carboxylic acids is 5. The van der Waals surface area contributed by atoms with Crippen molar-refractivity contribution in [3.05, 3.63) is 58.1 Å². The Labute approximate surface area is 187 Å². The number of nitrogens with one attached hydrogen (secondary N) is 1. The zero-order valence-corrected chi connectivity index (χ0v) is 17.8. The summed E-state index contributed by atoms with van der Waals surface area (Å²) in [5, 5.41) is 2.90. The molecule has 2 aliphatic heterocycles. The van der Waals surface area contributed by atoms with Crippen LogP contribution in [0, 0.1) is 0 Å². The van der Waals surface area contributed by atoms with Gasteiger partial charge in [-0.3, -0.25) is 24.1 Å². The number of anilines is 2. The Hall–Kier alpha value is -3.72. The van der Waals surface area contributed by atoms with Crippen LogP contribution in [0.3, 0.4) is 0 Å². The number of hydrogen-bond donors (Lipinski definition) is 1. The summed E-state index contributed by atoms with van der Waals surface area (Å²) in [6, 6.07) is 8.80. The molecule has 10 heteroatoms. The molecule has 1 fully saturated rings. The van der Waals surface area contributed by atoms with Gasteiger partial charge in [0.1, 0.15) is 0 Å². The third kappa shape index (κ3) is 3.94. The molecule has 2 heterocycles. The van der Waals surface area contributed by atoms with Crippen LogP contribution in [-0.2, 0) is 14.3 Å². The Morgan fingerprint density at radius 3 is 2.53 bits per heavy atom. The van der Waals surface area contributed by atoms with Crippen molar-refractivity contribution < 1.29 is 28.7 Å². The van der Waals surface area contributed by atoms with E-state index < -0.39 is 30.3 Å². The molecule has 4 amide bonds. The minimum atomic E-state index is -0.775. The van der Waals surface area contributed by atoms with Crippen LogP contribution in [0.4, 0.5) is 11.4 Å². The Kier molecular flexibility index (Phi) is 5.67. The van der Waals surface area contributed by atoms with Crippen molar-refractivity contribution >= 4 is 52.6 Å². The topological polar surface area (TPSA) is 113 Å². The van der Waals surface area contributed by atoms with Crippen LogP contribution in [0.2, 0.25) is 5.02 Å². The van der Waals surface area contributed by atoms with Crippen LogP contribution in [0.25, 0.3) is 0 Å². The first kappa shape index (κ1) is 21.5. The Balaban J connectivity index is 1.42. The SMILES string of the molecule is CN1C(=O)c2ccc(NC(=O)COC(=O)c3ccc(Cl)cc3N3CCCC3=O)cc2C1=O. The number of amides is 4. The molecule has 0 aromatic heterocycles. The van der Waals surface area contributed by atoms with Gasteiger partial charge in [-0.1, -0.05) is 11.6 Å². The monoisotopic (exact) mass is 455 g/mol. The molecule has 0 radical (unpaired) electrons. The maximum absolute atomic E-state index is 12.6. The number of halogens is 1. The van der Waals surface area contributed by atoms with Crippen LogP contribution >= 0.6 is 11.6 Å². The molecule has 2 aromatic rings. The zero-order valence-electron chi connectivity index (χ0n) is 17.0. The van der Waals surface area contributed by atoms with Gasteiger partial charge in [0.05, 0.1) is 22.4 Å². The zero-order chi connectivity index (χ0) is 23.0. The van der Waals surface area contributed by atoms with Crippen molar-refractivity contribution in [2.75, 3.05) is 30.4 Å². The van der Waals surface area contributed by atoms with E-state index in [2.05, 4.69) is 5.32 Å². The number of hydrogen-bond acceptors (Lipinski definition) is 6. The van der Waals surface area contributed by atoms with Gasteiger partial charge in [0, 0.05) is 30.7 Å². The highest BCUT2D eigenvalue weighted by atomic mass is 35.5. The minimum absolute atomic E-state index is 0.116. The summed E-state index contributed by atoms with van der Waals surface area (Å²) in [5.41, 5.74) is 1.21. The summed E-state index contributed by atoms with van der Waals surface area (Å²) in [5.74, 6) is -2.39. The molecule has 4 rings (SSSR count). The van der Waals surface area contributed by atoms with E-state index in [1.54, 1.807) is 0 Å². The number of fused-ring (bicyclic) bond motifs is 1. The van der Waals surface area contributed by atoms with Gasteiger partial charge in [0.2, 0.25) is 5.91 Å². The van der Waals surface area contributed by atoms with Gasteiger partial charge in [-0.15, -0.1) is 0 Å². The van der Waals surface area contributed by atoms with E-state index in [1.165, 1.54) is 48.3 Å². The average molecular weight is 456 g/mol. The van der Waals surface area contributed by atoms with E-state index in [4.69, 9.17) is 16.3 Å². The molecule has 0 bridgehead atoms. The van der Waals surface area contributed by atoms with Gasteiger partial charge in [0.25, 0.3) is 17.7 Å². The molecular weight excluding hydrogens is 438 g/mol. The van der Waals surface area contributed by atoms with Crippen molar-refractivity contribution in [3.63, 3.8) is 0 Å². The summed E-state index contributed by atoms with van der Waals surface area (Å²) in [6.07, 6.45) is 1.06. The van der Waals surface area contributed by atoms with Crippen LogP contribution in [0.1, 0.15) is 43.9 Å². The highest BCUT2D eigenvalue weighted by Crippen LogP contribution is 2.29. The summed E-state index contributed by atoms with van der Waals surface area (Å²) >= 11 is 6.03. The van der Waals surface area contributed by atoms with E-state index >= 15 is 0 Å². The molecule has 0 aliphatic carbocycles. The first-order valence-electron chi connectivity index (χ1n) is 9.79. The van der Waals surface area contributed by atoms with Crippen molar-refractivity contribution in [1.82, 2.24) is 4.90 Å². The molecule has 0 atom stereocenters. The molecule has 2 aromatic carbocycles. The van der Waals surface area contributed by atoms with Crippen molar-refractivity contribution in [2.24, 2.45) is 0 Å².